The fourth-order valence-corrected chi connectivity index (χ4v) is 4.48. The maximum atomic E-state index is 12.7. The number of fused-ring (bicyclic) bond motifs is 3. The molecule has 0 aliphatic carbocycles. The summed E-state index contributed by atoms with van der Waals surface area (Å²) in [6, 6.07) is 5.93. The molecule has 162 valence electrons. The Morgan fingerprint density at radius 3 is 2.87 bits per heavy atom. The van der Waals surface area contributed by atoms with Crippen LogP contribution in [0.2, 0.25) is 0 Å². The highest BCUT2D eigenvalue weighted by Crippen LogP contribution is 2.45. The highest BCUT2D eigenvalue weighted by molar-refractivity contribution is 9.10. The Morgan fingerprint density at radius 1 is 1.43 bits per heavy atom. The van der Waals surface area contributed by atoms with Crippen LogP contribution in [0.15, 0.2) is 22.7 Å². The molecule has 1 amide bonds. The number of H-pyrrole nitrogens is 1. The number of nitrogens with two attached hydrogens (primary N) is 1. The summed E-state index contributed by atoms with van der Waals surface area (Å²) in [5, 5.41) is 0. The molecule has 3 heterocycles. The Kier molecular flexibility index (Phi) is 5.13. The van der Waals surface area contributed by atoms with Crippen LogP contribution in [0.3, 0.4) is 0 Å². The summed E-state index contributed by atoms with van der Waals surface area (Å²) in [5.41, 5.74) is 7.95. The van der Waals surface area contributed by atoms with Gasteiger partial charge in [-0.3, -0.25) is 10.6 Å². The van der Waals surface area contributed by atoms with Crippen LogP contribution in [-0.2, 0) is 4.74 Å². The van der Waals surface area contributed by atoms with Gasteiger partial charge in [0.1, 0.15) is 17.1 Å². The fourth-order valence-electron chi connectivity index (χ4n) is 4.10. The van der Waals surface area contributed by atoms with Gasteiger partial charge in [-0.25, -0.2) is 4.79 Å². The SMILES string of the molecule is CC1c2cc(Br)ccc2-c2[nH]c(C3CCCN3C(=O)OC(C)(C)C)nc2OC1(C)N. The lowest BCUT2D eigenvalue weighted by molar-refractivity contribution is 0.0217. The Hall–Kier alpha value is -2.06. The fraction of sp³-hybridized carbons (Fsp3) is 0.545. The molecule has 1 aromatic carbocycles. The maximum absolute atomic E-state index is 12.7. The summed E-state index contributed by atoms with van der Waals surface area (Å²) in [4.78, 5) is 22.7. The van der Waals surface area contributed by atoms with Crippen molar-refractivity contribution in [2.75, 3.05) is 6.54 Å². The molecular weight excluding hydrogens is 448 g/mol. The zero-order chi connectivity index (χ0) is 21.8. The van der Waals surface area contributed by atoms with E-state index in [0.717, 1.165) is 34.1 Å². The lowest BCUT2D eigenvalue weighted by atomic mass is 9.88. The minimum atomic E-state index is -0.923. The highest BCUT2D eigenvalue weighted by atomic mass is 79.9. The number of imidazole rings is 1. The molecule has 2 aromatic rings. The molecule has 3 N–H and O–H groups in total. The van der Waals surface area contributed by atoms with Gasteiger partial charge < -0.3 is 14.5 Å². The van der Waals surface area contributed by atoms with Gasteiger partial charge in [0.2, 0.25) is 5.88 Å². The van der Waals surface area contributed by atoms with Crippen LogP contribution in [0.25, 0.3) is 11.3 Å². The van der Waals surface area contributed by atoms with Gasteiger partial charge in [0.15, 0.2) is 5.72 Å². The van der Waals surface area contributed by atoms with Crippen molar-refractivity contribution in [2.24, 2.45) is 5.73 Å². The number of ether oxygens (including phenoxy) is 2. The summed E-state index contributed by atoms with van der Waals surface area (Å²) >= 11 is 3.56. The first kappa shape index (κ1) is 21.2. The Labute approximate surface area is 185 Å². The second kappa shape index (κ2) is 7.27. The number of carbonyl (C=O) groups excluding carboxylic acids is 1. The molecule has 30 heavy (non-hydrogen) atoms. The van der Waals surface area contributed by atoms with E-state index < -0.39 is 11.3 Å². The largest absolute Gasteiger partial charge is 0.454 e. The van der Waals surface area contributed by atoms with Gasteiger partial charge in [0, 0.05) is 22.5 Å². The van der Waals surface area contributed by atoms with Crippen LogP contribution in [0, 0.1) is 0 Å². The normalized spacial score (nSPS) is 25.9. The molecule has 4 rings (SSSR count). The number of nitrogens with one attached hydrogen (secondary N) is 1. The van der Waals surface area contributed by atoms with E-state index in [9.17, 15) is 4.79 Å². The van der Waals surface area contributed by atoms with Crippen molar-refractivity contribution in [1.82, 2.24) is 14.9 Å². The average molecular weight is 477 g/mol. The van der Waals surface area contributed by atoms with Crippen LogP contribution >= 0.6 is 15.9 Å². The standard InChI is InChI=1S/C22H29BrN4O3/c1-12-15-11-13(23)8-9-14(15)17-19(29-22(12,5)24)26-18(25-17)16-7-6-10-27(16)20(28)30-21(2,3)4/h8-9,11-12,16H,6-7,10,24H2,1-5H3,(H,25,26). The van der Waals surface area contributed by atoms with Crippen LogP contribution in [-0.4, -0.2) is 38.8 Å². The van der Waals surface area contributed by atoms with Crippen molar-refractivity contribution in [3.8, 4) is 17.1 Å². The number of carbonyl (C=O) groups is 1. The number of hydrogen-bond acceptors (Lipinski definition) is 5. The summed E-state index contributed by atoms with van der Waals surface area (Å²) in [5.74, 6) is 1.13. The molecule has 2 aliphatic heterocycles. The molecule has 3 atom stereocenters. The number of rotatable bonds is 1. The summed E-state index contributed by atoms with van der Waals surface area (Å²) in [7, 11) is 0. The third kappa shape index (κ3) is 3.83. The lowest BCUT2D eigenvalue weighted by Gasteiger charge is -2.30. The molecule has 0 radical (unpaired) electrons. The number of aromatic amines is 1. The minimum Gasteiger partial charge on any atom is -0.454 e. The molecule has 7 nitrogen and oxygen atoms in total. The molecule has 2 aliphatic rings. The van der Waals surface area contributed by atoms with E-state index in [-0.39, 0.29) is 18.1 Å². The number of likely N-dealkylation sites (tertiary alicyclic amines) is 1. The molecule has 1 fully saturated rings. The number of aromatic nitrogens is 2. The maximum Gasteiger partial charge on any atom is 0.410 e. The number of halogens is 1. The Morgan fingerprint density at radius 2 is 2.17 bits per heavy atom. The van der Waals surface area contributed by atoms with Crippen LogP contribution < -0.4 is 10.5 Å². The smallest absolute Gasteiger partial charge is 0.410 e. The summed E-state index contributed by atoms with van der Waals surface area (Å²) in [6.45, 7) is 10.2. The zero-order valence-electron chi connectivity index (χ0n) is 18.1. The first-order chi connectivity index (χ1) is 14.0. The quantitative estimate of drug-likeness (QED) is 0.598. The molecule has 0 bridgehead atoms. The van der Waals surface area contributed by atoms with Crippen molar-refractivity contribution < 1.29 is 14.3 Å². The van der Waals surface area contributed by atoms with E-state index in [4.69, 9.17) is 20.2 Å². The monoisotopic (exact) mass is 476 g/mol. The van der Waals surface area contributed by atoms with Crippen molar-refractivity contribution >= 4 is 22.0 Å². The third-order valence-electron chi connectivity index (χ3n) is 5.81. The van der Waals surface area contributed by atoms with Crippen molar-refractivity contribution in [3.63, 3.8) is 0 Å². The van der Waals surface area contributed by atoms with Crippen molar-refractivity contribution in [2.45, 2.75) is 70.7 Å². The predicted octanol–water partition coefficient (Wildman–Crippen LogP) is 5.08. The summed E-state index contributed by atoms with van der Waals surface area (Å²) in [6.07, 6.45) is 1.39. The van der Waals surface area contributed by atoms with E-state index in [0.29, 0.717) is 18.2 Å². The van der Waals surface area contributed by atoms with E-state index in [1.807, 2.05) is 39.8 Å². The number of nitrogens with zero attached hydrogens (tertiary/aromatic N) is 2. The third-order valence-corrected chi connectivity index (χ3v) is 6.30. The van der Waals surface area contributed by atoms with E-state index in [1.54, 1.807) is 4.90 Å². The molecule has 0 saturated carbocycles. The van der Waals surface area contributed by atoms with Crippen LogP contribution in [0.4, 0.5) is 4.79 Å². The van der Waals surface area contributed by atoms with Crippen LogP contribution in [0.5, 0.6) is 5.88 Å². The molecule has 8 heteroatoms. The second-order valence-electron chi connectivity index (χ2n) is 9.37. The minimum absolute atomic E-state index is 0.0409. The summed E-state index contributed by atoms with van der Waals surface area (Å²) < 4.78 is 12.8. The van der Waals surface area contributed by atoms with E-state index in [2.05, 4.69) is 33.9 Å². The number of hydrogen-bond donors (Lipinski definition) is 2. The van der Waals surface area contributed by atoms with Gasteiger partial charge in [0.25, 0.3) is 0 Å². The first-order valence-corrected chi connectivity index (χ1v) is 11.1. The topological polar surface area (TPSA) is 93.5 Å². The number of benzene rings is 1. The van der Waals surface area contributed by atoms with Gasteiger partial charge in [-0.2, -0.15) is 4.98 Å². The van der Waals surface area contributed by atoms with Crippen LogP contribution in [0.1, 0.15) is 70.8 Å². The van der Waals surface area contributed by atoms with Gasteiger partial charge in [0.05, 0.1) is 6.04 Å². The number of amides is 1. The van der Waals surface area contributed by atoms with Crippen molar-refractivity contribution in [1.29, 1.82) is 0 Å². The average Bonchev–Trinajstić information content (AvgIpc) is 3.24. The zero-order valence-corrected chi connectivity index (χ0v) is 19.7. The second-order valence-corrected chi connectivity index (χ2v) is 10.3. The van der Waals surface area contributed by atoms with Gasteiger partial charge in [-0.1, -0.05) is 28.9 Å². The molecular formula is C22H29BrN4O3. The van der Waals surface area contributed by atoms with E-state index in [1.165, 1.54) is 0 Å². The first-order valence-electron chi connectivity index (χ1n) is 10.3. The van der Waals surface area contributed by atoms with Gasteiger partial charge in [-0.15, -0.1) is 0 Å². The lowest BCUT2D eigenvalue weighted by Crippen LogP contribution is -2.47. The molecule has 3 unspecified atom stereocenters. The molecule has 1 saturated heterocycles. The highest BCUT2D eigenvalue weighted by Gasteiger charge is 2.40. The van der Waals surface area contributed by atoms with Crippen molar-refractivity contribution in [3.05, 3.63) is 34.1 Å². The Balaban J connectivity index is 1.74. The molecule has 0 spiro atoms. The Bertz CT molecular complexity index is 979. The molecule has 1 aromatic heterocycles. The van der Waals surface area contributed by atoms with Gasteiger partial charge >= 0.3 is 6.09 Å². The van der Waals surface area contributed by atoms with E-state index >= 15 is 0 Å². The van der Waals surface area contributed by atoms with Gasteiger partial charge in [-0.05, 0) is 58.2 Å². The predicted molar refractivity (Wildman–Crippen MR) is 118 cm³/mol.